The number of ether oxygens (including phenoxy) is 1. The maximum Gasteiger partial charge on any atom is 0.332 e. The number of methoxy groups -OCH3 is 1. The Morgan fingerprint density at radius 3 is 2.52 bits per heavy atom. The van der Waals surface area contributed by atoms with E-state index in [2.05, 4.69) is 11.9 Å². The van der Waals surface area contributed by atoms with Crippen LogP contribution in [-0.4, -0.2) is 22.2 Å². The second-order valence-electron chi connectivity index (χ2n) is 6.05. The van der Waals surface area contributed by atoms with E-state index in [0.717, 1.165) is 4.57 Å². The van der Waals surface area contributed by atoms with Crippen LogP contribution in [0, 0.1) is 12.8 Å². The summed E-state index contributed by atoms with van der Waals surface area (Å²) >= 11 is 0. The van der Waals surface area contributed by atoms with Gasteiger partial charge in [-0.2, -0.15) is 0 Å². The summed E-state index contributed by atoms with van der Waals surface area (Å²) in [6.07, 6.45) is 0. The minimum atomic E-state index is -0.853. The van der Waals surface area contributed by atoms with Crippen molar-refractivity contribution in [2.24, 2.45) is 20.0 Å². The molecule has 2 atom stereocenters. The number of nitrogens with one attached hydrogen (secondary N) is 1. The van der Waals surface area contributed by atoms with Gasteiger partial charge in [-0.25, -0.2) is 4.79 Å². The zero-order valence-corrected chi connectivity index (χ0v) is 14.5. The SMILES string of the molecule is C=C1Nc2c(c(=O)n(C)c(=O)n2C)[C@@H](c2ccc(C)o2)[C@H]1C(=O)OC. The van der Waals surface area contributed by atoms with E-state index >= 15 is 0 Å². The van der Waals surface area contributed by atoms with Crippen molar-refractivity contribution in [2.75, 3.05) is 12.4 Å². The number of rotatable bonds is 2. The second kappa shape index (κ2) is 5.80. The molecular formula is C17H19N3O5. The minimum Gasteiger partial charge on any atom is -0.468 e. The van der Waals surface area contributed by atoms with Crippen LogP contribution in [0.15, 0.2) is 38.4 Å². The van der Waals surface area contributed by atoms with Crippen LogP contribution in [0.2, 0.25) is 0 Å². The number of fused-ring (bicyclic) bond motifs is 1. The molecule has 8 heteroatoms. The fraction of sp³-hybridized carbons (Fsp3) is 0.353. The number of hydrogen-bond donors (Lipinski definition) is 1. The van der Waals surface area contributed by atoms with E-state index in [1.165, 1.54) is 18.7 Å². The number of furan rings is 1. The highest BCUT2D eigenvalue weighted by Crippen LogP contribution is 2.42. The van der Waals surface area contributed by atoms with Gasteiger partial charge in [-0.3, -0.25) is 18.7 Å². The zero-order valence-electron chi connectivity index (χ0n) is 14.5. The van der Waals surface area contributed by atoms with Gasteiger partial charge in [0.1, 0.15) is 23.3 Å². The van der Waals surface area contributed by atoms with Crippen LogP contribution in [0.25, 0.3) is 0 Å². The lowest BCUT2D eigenvalue weighted by atomic mass is 9.80. The Hall–Kier alpha value is -3.03. The lowest BCUT2D eigenvalue weighted by Crippen LogP contribution is -2.46. The van der Waals surface area contributed by atoms with Crippen molar-refractivity contribution in [1.82, 2.24) is 9.13 Å². The third-order valence-corrected chi connectivity index (χ3v) is 4.52. The number of carbonyl (C=O) groups excluding carboxylic acids is 1. The molecule has 0 aromatic carbocycles. The maximum atomic E-state index is 12.8. The van der Waals surface area contributed by atoms with Gasteiger partial charge in [0.2, 0.25) is 0 Å². The summed E-state index contributed by atoms with van der Waals surface area (Å²) in [6, 6.07) is 3.46. The molecule has 3 heterocycles. The highest BCUT2D eigenvalue weighted by molar-refractivity contribution is 5.81. The molecule has 0 fully saturated rings. The van der Waals surface area contributed by atoms with E-state index in [4.69, 9.17) is 9.15 Å². The van der Waals surface area contributed by atoms with Crippen LogP contribution >= 0.6 is 0 Å². The summed E-state index contributed by atoms with van der Waals surface area (Å²) in [4.78, 5) is 37.4. The molecule has 2 aromatic rings. The molecule has 0 aliphatic carbocycles. The number of aromatic nitrogens is 2. The van der Waals surface area contributed by atoms with E-state index in [1.807, 2.05) is 0 Å². The first-order valence-corrected chi connectivity index (χ1v) is 7.67. The number of esters is 1. The van der Waals surface area contributed by atoms with Crippen LogP contribution in [0.5, 0.6) is 0 Å². The summed E-state index contributed by atoms with van der Waals surface area (Å²) in [5.74, 6) is -0.752. The van der Waals surface area contributed by atoms with Gasteiger partial charge in [0.05, 0.1) is 18.6 Å². The average Bonchev–Trinajstić information content (AvgIpc) is 3.02. The number of carbonyl (C=O) groups is 1. The fourth-order valence-corrected chi connectivity index (χ4v) is 3.23. The molecule has 0 saturated heterocycles. The molecule has 0 saturated carbocycles. The van der Waals surface area contributed by atoms with Crippen LogP contribution in [0.1, 0.15) is 23.0 Å². The van der Waals surface area contributed by atoms with Crippen molar-refractivity contribution >= 4 is 11.8 Å². The molecule has 1 aliphatic heterocycles. The Labute approximate surface area is 143 Å². The van der Waals surface area contributed by atoms with Crippen LogP contribution in [0.4, 0.5) is 5.82 Å². The first kappa shape index (κ1) is 16.8. The Morgan fingerprint density at radius 1 is 1.28 bits per heavy atom. The lowest BCUT2D eigenvalue weighted by molar-refractivity contribution is -0.144. The number of hydrogen-bond acceptors (Lipinski definition) is 6. The number of nitrogens with zero attached hydrogens (tertiary/aromatic N) is 2. The molecule has 1 N–H and O–H groups in total. The predicted octanol–water partition coefficient (Wildman–Crippen LogP) is 0.846. The second-order valence-corrected chi connectivity index (χ2v) is 6.05. The van der Waals surface area contributed by atoms with E-state index < -0.39 is 29.1 Å². The van der Waals surface area contributed by atoms with Crippen LogP contribution < -0.4 is 16.6 Å². The molecule has 1 aliphatic rings. The first-order valence-electron chi connectivity index (χ1n) is 7.67. The summed E-state index contributed by atoms with van der Waals surface area (Å²) < 4.78 is 12.9. The fourth-order valence-electron chi connectivity index (χ4n) is 3.23. The number of aryl methyl sites for hydroxylation is 1. The quantitative estimate of drug-likeness (QED) is 0.811. The summed E-state index contributed by atoms with van der Waals surface area (Å²) in [6.45, 7) is 5.66. The number of anilines is 1. The largest absolute Gasteiger partial charge is 0.468 e. The predicted molar refractivity (Wildman–Crippen MR) is 90.5 cm³/mol. The van der Waals surface area contributed by atoms with Crippen molar-refractivity contribution in [2.45, 2.75) is 12.8 Å². The first-order chi connectivity index (χ1) is 11.8. The van der Waals surface area contributed by atoms with Gasteiger partial charge in [-0.15, -0.1) is 0 Å². The summed E-state index contributed by atoms with van der Waals surface area (Å²) in [5, 5.41) is 2.92. The molecule has 0 amide bonds. The van der Waals surface area contributed by atoms with Gasteiger partial charge >= 0.3 is 11.7 Å². The van der Waals surface area contributed by atoms with Gasteiger partial charge in [-0.05, 0) is 19.1 Å². The molecule has 132 valence electrons. The molecule has 8 nitrogen and oxygen atoms in total. The van der Waals surface area contributed by atoms with Crippen molar-refractivity contribution in [3.63, 3.8) is 0 Å². The highest BCUT2D eigenvalue weighted by atomic mass is 16.5. The normalized spacial score (nSPS) is 19.3. The third kappa shape index (κ3) is 2.41. The topological polar surface area (TPSA) is 95.5 Å². The van der Waals surface area contributed by atoms with Crippen molar-refractivity contribution in [1.29, 1.82) is 0 Å². The molecule has 3 rings (SSSR count). The van der Waals surface area contributed by atoms with Crippen molar-refractivity contribution in [3.8, 4) is 0 Å². The standard InChI is InChI=1S/C17H19N3O5/c1-8-6-7-10(25-8)12-11(16(22)24-5)9(2)18-14-13(12)15(21)20(4)17(23)19(14)3/h6-7,11-12,18H,2H2,1,3-5H3/t11-,12-/m0/s1. The van der Waals surface area contributed by atoms with Gasteiger partial charge in [0.25, 0.3) is 5.56 Å². The molecular weight excluding hydrogens is 326 g/mol. The molecule has 25 heavy (non-hydrogen) atoms. The summed E-state index contributed by atoms with van der Waals surface area (Å²) in [7, 11) is 4.21. The smallest absolute Gasteiger partial charge is 0.332 e. The van der Waals surface area contributed by atoms with E-state index in [9.17, 15) is 14.4 Å². The minimum absolute atomic E-state index is 0.266. The van der Waals surface area contributed by atoms with Crippen molar-refractivity contribution < 1.29 is 13.9 Å². The van der Waals surface area contributed by atoms with Crippen LogP contribution in [-0.2, 0) is 23.6 Å². The Morgan fingerprint density at radius 2 is 1.96 bits per heavy atom. The Balaban J connectivity index is 2.38. The maximum absolute atomic E-state index is 12.8. The van der Waals surface area contributed by atoms with Crippen LogP contribution in [0.3, 0.4) is 0 Å². The van der Waals surface area contributed by atoms with Gasteiger partial charge in [-0.1, -0.05) is 6.58 Å². The molecule has 0 bridgehead atoms. The molecule has 0 radical (unpaired) electrons. The summed E-state index contributed by atoms with van der Waals surface area (Å²) in [5.41, 5.74) is -0.371. The molecule has 0 unspecified atom stereocenters. The zero-order chi connectivity index (χ0) is 18.5. The van der Waals surface area contributed by atoms with Gasteiger partial charge < -0.3 is 14.5 Å². The third-order valence-electron chi connectivity index (χ3n) is 4.52. The molecule has 2 aromatic heterocycles. The lowest BCUT2D eigenvalue weighted by Gasteiger charge is -2.33. The van der Waals surface area contributed by atoms with E-state index in [-0.39, 0.29) is 5.56 Å². The Bertz CT molecular complexity index is 995. The van der Waals surface area contributed by atoms with E-state index in [0.29, 0.717) is 23.0 Å². The monoisotopic (exact) mass is 345 g/mol. The highest BCUT2D eigenvalue weighted by Gasteiger charge is 2.43. The van der Waals surface area contributed by atoms with Gasteiger partial charge in [0, 0.05) is 19.8 Å². The van der Waals surface area contributed by atoms with E-state index in [1.54, 1.807) is 26.1 Å². The molecule has 0 spiro atoms. The Kier molecular flexibility index (Phi) is 3.90. The van der Waals surface area contributed by atoms with Crippen molar-refractivity contribution in [3.05, 3.63) is 62.3 Å². The average molecular weight is 345 g/mol. The van der Waals surface area contributed by atoms with Gasteiger partial charge in [0.15, 0.2) is 0 Å².